The second-order valence-corrected chi connectivity index (χ2v) is 19.6. The van der Waals surface area contributed by atoms with E-state index in [1.165, 1.54) is 137 Å². The van der Waals surface area contributed by atoms with Gasteiger partial charge in [-0.1, -0.05) is 204 Å². The van der Waals surface area contributed by atoms with Crippen molar-refractivity contribution in [1.29, 1.82) is 0 Å². The van der Waals surface area contributed by atoms with Crippen LogP contribution in [0.1, 0.15) is 51.3 Å². The van der Waals surface area contributed by atoms with Gasteiger partial charge in [-0.2, -0.15) is 0 Å². The van der Waals surface area contributed by atoms with E-state index in [0.717, 1.165) is 0 Å². The first-order valence-electron chi connectivity index (χ1n) is 22.5. The first-order valence-corrected chi connectivity index (χ1v) is 22.5. The summed E-state index contributed by atoms with van der Waals surface area (Å²) in [5.41, 5.74) is 16.8. The van der Waals surface area contributed by atoms with Crippen molar-refractivity contribution >= 4 is 64.6 Å². The van der Waals surface area contributed by atoms with E-state index >= 15 is 0 Å². The smallest absolute Gasteiger partial charge is 0.0159 e. The first-order chi connectivity index (χ1) is 30.6. The van der Waals surface area contributed by atoms with Gasteiger partial charge in [0, 0.05) is 5.41 Å². The van der Waals surface area contributed by atoms with Gasteiger partial charge in [-0.05, 0) is 161 Å². The van der Waals surface area contributed by atoms with Crippen molar-refractivity contribution in [2.75, 3.05) is 0 Å². The lowest BCUT2D eigenvalue weighted by Crippen LogP contribution is -2.15. The highest BCUT2D eigenvalue weighted by Gasteiger charge is 2.36. The molecule has 12 aromatic rings. The summed E-state index contributed by atoms with van der Waals surface area (Å²) < 4.78 is 0. The zero-order valence-electron chi connectivity index (χ0n) is 36.4. The molecule has 0 heteroatoms. The van der Waals surface area contributed by atoms with E-state index < -0.39 is 0 Å². The third-order valence-electron chi connectivity index (χ3n) is 14.7. The van der Waals surface area contributed by atoms with Gasteiger partial charge in [0.25, 0.3) is 0 Å². The number of hydrogen-bond donors (Lipinski definition) is 0. The number of rotatable bonds is 4. The third-order valence-corrected chi connectivity index (χ3v) is 14.7. The van der Waals surface area contributed by atoms with E-state index in [1.54, 1.807) is 0 Å². The predicted octanol–water partition coefficient (Wildman–Crippen LogP) is 17.8. The van der Waals surface area contributed by atoms with E-state index in [-0.39, 0.29) is 10.8 Å². The van der Waals surface area contributed by atoms with Gasteiger partial charge < -0.3 is 0 Å². The lowest BCUT2D eigenvalue weighted by atomic mass is 9.80. The molecule has 0 N–H and O–H groups in total. The molecule has 12 aromatic carbocycles. The minimum Gasteiger partial charge on any atom is -0.0616 e. The quantitative estimate of drug-likeness (QED) is 0.156. The van der Waals surface area contributed by atoms with Crippen molar-refractivity contribution in [3.63, 3.8) is 0 Å². The molecule has 0 spiro atoms. The van der Waals surface area contributed by atoms with Crippen LogP contribution in [-0.4, -0.2) is 0 Å². The van der Waals surface area contributed by atoms with Crippen molar-refractivity contribution in [3.8, 4) is 55.6 Å². The zero-order valence-corrected chi connectivity index (χ0v) is 36.4. The SMILES string of the molecule is CC(C)(C)c1cc2ccc3ccc(-c4ccccc4-c4ccc5c(c4)C(C)(C)c4cc(-c6ccccc6-c6cc7cccc8ccc9cccc6c9c87)ccc4-5)c4ccc(c1)c2c34. The summed E-state index contributed by atoms with van der Waals surface area (Å²) in [6.45, 7) is 11.7. The lowest BCUT2D eigenvalue weighted by molar-refractivity contribution is 0.591. The van der Waals surface area contributed by atoms with Crippen LogP contribution in [0.2, 0.25) is 0 Å². The molecule has 0 saturated heterocycles. The summed E-state index contributed by atoms with van der Waals surface area (Å²) in [4.78, 5) is 0. The molecule has 0 nitrogen and oxygen atoms in total. The van der Waals surface area contributed by atoms with E-state index in [2.05, 4.69) is 223 Å². The lowest BCUT2D eigenvalue weighted by Gasteiger charge is -2.23. The largest absolute Gasteiger partial charge is 0.0616 e. The predicted molar refractivity (Wildman–Crippen MR) is 272 cm³/mol. The molecule has 0 aromatic heterocycles. The van der Waals surface area contributed by atoms with E-state index in [1.807, 2.05) is 0 Å². The normalized spacial score (nSPS) is 13.6. The molecule has 0 amide bonds. The maximum Gasteiger partial charge on any atom is 0.0159 e. The number of fused-ring (bicyclic) bond motifs is 3. The molecule has 63 heavy (non-hydrogen) atoms. The molecule has 0 bridgehead atoms. The summed E-state index contributed by atoms with van der Waals surface area (Å²) in [5, 5.41) is 15.9. The Morgan fingerprint density at radius 3 is 1.35 bits per heavy atom. The third kappa shape index (κ3) is 5.22. The van der Waals surface area contributed by atoms with Crippen molar-refractivity contribution in [2.45, 2.75) is 45.4 Å². The molecule has 0 saturated carbocycles. The maximum absolute atomic E-state index is 2.48. The topological polar surface area (TPSA) is 0 Å². The van der Waals surface area contributed by atoms with Crippen molar-refractivity contribution in [3.05, 3.63) is 205 Å². The average Bonchev–Trinajstić information content (AvgIpc) is 3.53. The summed E-state index contributed by atoms with van der Waals surface area (Å²) >= 11 is 0. The van der Waals surface area contributed by atoms with Gasteiger partial charge in [-0.15, -0.1) is 0 Å². The summed E-state index contributed by atoms with van der Waals surface area (Å²) in [5.74, 6) is 0. The molecule has 0 aliphatic heterocycles. The van der Waals surface area contributed by atoms with Crippen molar-refractivity contribution in [1.82, 2.24) is 0 Å². The highest BCUT2D eigenvalue weighted by molar-refractivity contribution is 6.27. The second-order valence-electron chi connectivity index (χ2n) is 19.6. The van der Waals surface area contributed by atoms with Gasteiger partial charge in [0.15, 0.2) is 0 Å². The minimum absolute atomic E-state index is 0.0842. The highest BCUT2D eigenvalue weighted by atomic mass is 14.4. The van der Waals surface area contributed by atoms with Gasteiger partial charge in [-0.25, -0.2) is 0 Å². The fourth-order valence-electron chi connectivity index (χ4n) is 11.5. The second kappa shape index (κ2) is 12.9. The van der Waals surface area contributed by atoms with Gasteiger partial charge in [0.2, 0.25) is 0 Å². The molecule has 298 valence electrons. The van der Waals surface area contributed by atoms with Gasteiger partial charge in [0.1, 0.15) is 0 Å². The van der Waals surface area contributed by atoms with Gasteiger partial charge >= 0.3 is 0 Å². The standard InChI is InChI=1S/C63H46/c1-62(2,3)45-32-43-23-22-39-24-28-50(54-31-27-44(33-45)59(43)61(39)54)48-17-8-6-15-46(48)40-25-29-51-52-30-26-41(36-57(52)63(4,5)56(51)35-40)47-16-7-9-18-49(47)55-34-42-14-10-12-37-20-21-38-13-11-19-53(55)60(38)58(37)42/h6-36H,1-5H3. The fraction of sp³-hybridized carbons (Fsp3) is 0.111. The molecule has 13 rings (SSSR count). The Morgan fingerprint density at radius 1 is 0.302 bits per heavy atom. The van der Waals surface area contributed by atoms with E-state index in [4.69, 9.17) is 0 Å². The van der Waals surface area contributed by atoms with Crippen molar-refractivity contribution in [2.24, 2.45) is 0 Å². The van der Waals surface area contributed by atoms with E-state index in [0.29, 0.717) is 0 Å². The molecule has 1 aliphatic carbocycles. The first kappa shape index (κ1) is 36.4. The molecule has 0 radical (unpaired) electrons. The molecular formula is C63H46. The molecular weight excluding hydrogens is 757 g/mol. The Bertz CT molecular complexity index is 3830. The maximum atomic E-state index is 2.48. The fourth-order valence-corrected chi connectivity index (χ4v) is 11.5. The molecule has 0 unspecified atom stereocenters. The Kier molecular flexibility index (Phi) is 7.44. The van der Waals surface area contributed by atoms with Gasteiger partial charge in [0.05, 0.1) is 0 Å². The Morgan fingerprint density at radius 2 is 0.730 bits per heavy atom. The Balaban J connectivity index is 0.917. The minimum atomic E-state index is -0.191. The van der Waals surface area contributed by atoms with Crippen LogP contribution in [0.3, 0.4) is 0 Å². The number of benzene rings is 12. The summed E-state index contributed by atoms with van der Waals surface area (Å²) in [6, 6.07) is 71.7. The Hall–Kier alpha value is -7.28. The van der Waals surface area contributed by atoms with Crippen LogP contribution < -0.4 is 0 Å². The van der Waals surface area contributed by atoms with Crippen LogP contribution in [0.25, 0.3) is 120 Å². The molecule has 0 fully saturated rings. The molecule has 0 atom stereocenters. The van der Waals surface area contributed by atoms with Gasteiger partial charge in [-0.3, -0.25) is 0 Å². The van der Waals surface area contributed by atoms with Crippen LogP contribution in [0.15, 0.2) is 188 Å². The molecule has 1 aliphatic rings. The van der Waals surface area contributed by atoms with Crippen LogP contribution in [-0.2, 0) is 10.8 Å². The van der Waals surface area contributed by atoms with Crippen LogP contribution in [0, 0.1) is 0 Å². The summed E-state index contributed by atoms with van der Waals surface area (Å²) in [7, 11) is 0. The zero-order chi connectivity index (χ0) is 42.4. The van der Waals surface area contributed by atoms with Crippen molar-refractivity contribution < 1.29 is 0 Å². The van der Waals surface area contributed by atoms with Crippen LogP contribution in [0.4, 0.5) is 0 Å². The van der Waals surface area contributed by atoms with E-state index in [9.17, 15) is 0 Å². The number of hydrogen-bond acceptors (Lipinski definition) is 0. The Labute approximate surface area is 368 Å². The van der Waals surface area contributed by atoms with Crippen LogP contribution >= 0.6 is 0 Å². The summed E-state index contributed by atoms with van der Waals surface area (Å²) in [6.07, 6.45) is 0. The van der Waals surface area contributed by atoms with Crippen LogP contribution in [0.5, 0.6) is 0 Å². The molecule has 0 heterocycles. The average molecular weight is 803 g/mol. The monoisotopic (exact) mass is 802 g/mol. The highest BCUT2D eigenvalue weighted by Crippen LogP contribution is 2.52.